The fourth-order valence-electron chi connectivity index (χ4n) is 3.20. The van der Waals surface area contributed by atoms with Crippen molar-refractivity contribution in [2.45, 2.75) is 38.8 Å². The van der Waals surface area contributed by atoms with Crippen LogP contribution >= 0.6 is 11.6 Å². The Kier molecular flexibility index (Phi) is 6.93. The van der Waals surface area contributed by atoms with Gasteiger partial charge in [0.15, 0.2) is 0 Å². The number of likely N-dealkylation sites (tertiary alicyclic amines) is 1. The summed E-state index contributed by atoms with van der Waals surface area (Å²) in [4.78, 5) is 20.3. The molecule has 0 aromatic heterocycles. The van der Waals surface area contributed by atoms with Crippen LogP contribution in [0.25, 0.3) is 0 Å². The number of carbonyl (C=O) groups excluding carboxylic acids is 1. The average Bonchev–Trinajstić information content (AvgIpc) is 2.59. The number of rotatable bonds is 5. The fourth-order valence-corrected chi connectivity index (χ4v) is 3.52. The zero-order valence-electron chi connectivity index (χ0n) is 15.6. The molecule has 1 fully saturated rings. The minimum Gasteiger partial charge on any atom is -0.496 e. The van der Waals surface area contributed by atoms with Crippen LogP contribution in [0.15, 0.2) is 12.1 Å². The molecule has 1 aliphatic heterocycles. The molecule has 0 bridgehead atoms. The molecule has 0 spiro atoms. The molecule has 1 aromatic carbocycles. The lowest BCUT2D eigenvalue weighted by Crippen LogP contribution is -2.50. The van der Waals surface area contributed by atoms with Crippen molar-refractivity contribution in [2.24, 2.45) is 0 Å². The van der Waals surface area contributed by atoms with Gasteiger partial charge in [0.1, 0.15) is 5.75 Å². The third kappa shape index (κ3) is 4.57. The lowest BCUT2D eigenvalue weighted by atomic mass is 10.0. The second-order valence-electron chi connectivity index (χ2n) is 6.51. The van der Waals surface area contributed by atoms with E-state index in [0.29, 0.717) is 5.02 Å². The predicted octanol–water partition coefficient (Wildman–Crippen LogP) is 3.39. The Morgan fingerprint density at radius 1 is 1.36 bits per heavy atom. The molecule has 25 heavy (non-hydrogen) atoms. The van der Waals surface area contributed by atoms with Gasteiger partial charge in [-0.05, 0) is 58.5 Å². The van der Waals surface area contributed by atoms with Crippen molar-refractivity contribution in [2.75, 3.05) is 34.4 Å². The number of nitrogens with zero attached hydrogens (tertiary/aromatic N) is 2. The minimum atomic E-state index is -0.242. The first-order chi connectivity index (χ1) is 11.9. The Morgan fingerprint density at radius 3 is 2.56 bits per heavy atom. The van der Waals surface area contributed by atoms with Crippen LogP contribution in [0.2, 0.25) is 5.02 Å². The average molecular weight is 370 g/mol. The summed E-state index contributed by atoms with van der Waals surface area (Å²) in [6, 6.07) is 3.35. The highest BCUT2D eigenvalue weighted by molar-refractivity contribution is 6.32. The maximum atomic E-state index is 12.7. The summed E-state index contributed by atoms with van der Waals surface area (Å²) in [6.07, 6.45) is 1.79. The van der Waals surface area contributed by atoms with Crippen molar-refractivity contribution in [3.63, 3.8) is 0 Å². The first-order valence-electron chi connectivity index (χ1n) is 8.54. The number of urea groups is 1. The third-order valence-electron chi connectivity index (χ3n) is 4.81. The lowest BCUT2D eigenvalue weighted by Gasteiger charge is -2.36. The number of hydrogen-bond donors (Lipinski definition) is 1. The van der Waals surface area contributed by atoms with E-state index in [9.17, 15) is 4.79 Å². The summed E-state index contributed by atoms with van der Waals surface area (Å²) in [6.45, 7) is 5.72. The Morgan fingerprint density at radius 2 is 2.00 bits per heavy atom. The predicted molar refractivity (Wildman–Crippen MR) is 99.1 cm³/mol. The van der Waals surface area contributed by atoms with E-state index in [0.717, 1.165) is 42.8 Å². The van der Waals surface area contributed by atoms with Gasteiger partial charge >= 0.3 is 6.03 Å². The number of ether oxygens (including phenoxy) is 1. The molecule has 1 aromatic rings. The number of nitrogens with one attached hydrogen (secondary N) is 1. The van der Waals surface area contributed by atoms with E-state index >= 15 is 0 Å². The van der Waals surface area contributed by atoms with E-state index in [2.05, 4.69) is 17.3 Å². The lowest BCUT2D eigenvalue weighted by molar-refractivity contribution is -0.127. The van der Waals surface area contributed by atoms with Crippen LogP contribution in [-0.2, 0) is 4.84 Å². The second kappa shape index (κ2) is 8.74. The number of carbonyl (C=O) groups is 1. The van der Waals surface area contributed by atoms with Crippen LogP contribution in [0.4, 0.5) is 4.79 Å². The number of benzene rings is 1. The highest BCUT2D eigenvalue weighted by atomic mass is 35.5. The molecule has 1 saturated heterocycles. The molecule has 1 heterocycles. The quantitative estimate of drug-likeness (QED) is 0.808. The van der Waals surface area contributed by atoms with Crippen LogP contribution < -0.4 is 10.1 Å². The van der Waals surface area contributed by atoms with Gasteiger partial charge in [-0.1, -0.05) is 17.7 Å². The van der Waals surface area contributed by atoms with Gasteiger partial charge < -0.3 is 15.0 Å². The van der Waals surface area contributed by atoms with Crippen molar-refractivity contribution in [3.05, 3.63) is 28.3 Å². The molecule has 1 aliphatic rings. The standard InChI is InChI=1S/C18H28ClN3O3/c1-12-16(24-4)7-6-15(17(12)19)13(2)20-18(23)22(25-5)14-8-10-21(3)11-9-14/h6-7,13-14H,8-11H2,1-5H3,(H,20,23). The normalized spacial score (nSPS) is 17.2. The van der Waals surface area contributed by atoms with E-state index < -0.39 is 0 Å². The Hall–Kier alpha value is -1.50. The zero-order chi connectivity index (χ0) is 18.6. The summed E-state index contributed by atoms with van der Waals surface area (Å²) >= 11 is 6.45. The van der Waals surface area contributed by atoms with E-state index in [-0.39, 0.29) is 18.1 Å². The van der Waals surface area contributed by atoms with Crippen molar-refractivity contribution in [1.29, 1.82) is 0 Å². The maximum Gasteiger partial charge on any atom is 0.342 e. The van der Waals surface area contributed by atoms with Gasteiger partial charge in [-0.3, -0.25) is 4.84 Å². The van der Waals surface area contributed by atoms with E-state index in [1.807, 2.05) is 26.0 Å². The zero-order valence-corrected chi connectivity index (χ0v) is 16.4. The van der Waals surface area contributed by atoms with Crippen molar-refractivity contribution in [1.82, 2.24) is 15.3 Å². The highest BCUT2D eigenvalue weighted by Gasteiger charge is 2.28. The molecule has 2 amide bonds. The number of hydroxylamine groups is 2. The minimum absolute atomic E-state index is 0.0847. The molecule has 0 aliphatic carbocycles. The monoisotopic (exact) mass is 369 g/mol. The SMILES string of the molecule is COc1ccc(C(C)NC(=O)N(OC)C2CCN(C)CC2)c(Cl)c1C. The first-order valence-corrected chi connectivity index (χ1v) is 8.92. The summed E-state index contributed by atoms with van der Waals surface area (Å²) < 4.78 is 5.28. The van der Waals surface area contributed by atoms with E-state index in [1.54, 1.807) is 7.11 Å². The molecule has 2 rings (SSSR count). The van der Waals surface area contributed by atoms with Gasteiger partial charge in [-0.2, -0.15) is 0 Å². The summed E-state index contributed by atoms with van der Waals surface area (Å²) in [5.74, 6) is 0.733. The number of piperidine rings is 1. The molecule has 140 valence electrons. The summed E-state index contributed by atoms with van der Waals surface area (Å²) in [7, 11) is 5.23. The molecule has 1 unspecified atom stereocenters. The van der Waals surface area contributed by atoms with Crippen LogP contribution in [0, 0.1) is 6.92 Å². The smallest absolute Gasteiger partial charge is 0.342 e. The van der Waals surface area contributed by atoms with Crippen molar-refractivity contribution >= 4 is 17.6 Å². The van der Waals surface area contributed by atoms with Crippen LogP contribution in [0.5, 0.6) is 5.75 Å². The summed E-state index contributed by atoms with van der Waals surface area (Å²) in [5.41, 5.74) is 1.72. The van der Waals surface area contributed by atoms with Gasteiger partial charge in [-0.25, -0.2) is 9.86 Å². The molecule has 0 radical (unpaired) electrons. The number of halogens is 1. The molecule has 1 N–H and O–H groups in total. The molecular weight excluding hydrogens is 342 g/mol. The van der Waals surface area contributed by atoms with E-state index in [1.165, 1.54) is 12.2 Å². The number of amides is 2. The molecule has 0 saturated carbocycles. The van der Waals surface area contributed by atoms with Crippen LogP contribution in [0.3, 0.4) is 0 Å². The Labute approximate surface area is 155 Å². The van der Waals surface area contributed by atoms with Gasteiger partial charge in [0.05, 0.1) is 31.3 Å². The highest BCUT2D eigenvalue weighted by Crippen LogP contribution is 2.32. The van der Waals surface area contributed by atoms with Crippen molar-refractivity contribution < 1.29 is 14.4 Å². The molecule has 1 atom stereocenters. The molecular formula is C18H28ClN3O3. The largest absolute Gasteiger partial charge is 0.496 e. The topological polar surface area (TPSA) is 54.0 Å². The Bertz CT molecular complexity index is 603. The maximum absolute atomic E-state index is 12.7. The van der Waals surface area contributed by atoms with Crippen LogP contribution in [0.1, 0.15) is 36.9 Å². The van der Waals surface area contributed by atoms with Gasteiger partial charge in [0, 0.05) is 5.56 Å². The van der Waals surface area contributed by atoms with Gasteiger partial charge in [0.2, 0.25) is 0 Å². The number of hydrogen-bond acceptors (Lipinski definition) is 4. The summed E-state index contributed by atoms with van der Waals surface area (Å²) in [5, 5.41) is 5.04. The number of methoxy groups -OCH3 is 1. The van der Waals surface area contributed by atoms with Gasteiger partial charge in [0.25, 0.3) is 0 Å². The second-order valence-corrected chi connectivity index (χ2v) is 6.89. The molecule has 6 nitrogen and oxygen atoms in total. The van der Waals surface area contributed by atoms with Crippen molar-refractivity contribution in [3.8, 4) is 5.75 Å². The fraction of sp³-hybridized carbons (Fsp3) is 0.611. The molecule has 7 heteroatoms. The van der Waals surface area contributed by atoms with Gasteiger partial charge in [-0.15, -0.1) is 0 Å². The van der Waals surface area contributed by atoms with E-state index in [4.69, 9.17) is 21.2 Å². The Balaban J connectivity index is 2.07. The third-order valence-corrected chi connectivity index (χ3v) is 5.31. The first kappa shape index (κ1) is 19.8. The van der Waals surface area contributed by atoms with Crippen LogP contribution in [-0.4, -0.2) is 56.4 Å².